The third-order valence-electron chi connectivity index (χ3n) is 3.11. The maximum Gasteiger partial charge on any atom is 0.246 e. The molecular formula is C13H16N2O2. The number of aryl methyl sites for hydroxylation is 2. The van der Waals surface area contributed by atoms with E-state index in [9.17, 15) is 9.59 Å². The predicted molar refractivity (Wildman–Crippen MR) is 64.1 cm³/mol. The number of hydrogen-bond acceptors (Lipinski definition) is 3. The number of likely N-dealkylation sites (tertiary alicyclic amines) is 1. The maximum absolute atomic E-state index is 11.7. The molecule has 2 rings (SSSR count). The summed E-state index contributed by atoms with van der Waals surface area (Å²) in [6.07, 6.45) is 0.129. The largest absolute Gasteiger partial charge is 0.319 e. The van der Waals surface area contributed by atoms with Crippen LogP contribution < -0.4 is 5.73 Å². The molecule has 4 heteroatoms. The second-order valence-electron chi connectivity index (χ2n) is 4.56. The van der Waals surface area contributed by atoms with Gasteiger partial charge in [-0.15, -0.1) is 0 Å². The molecule has 1 heterocycles. The van der Waals surface area contributed by atoms with Gasteiger partial charge in [-0.1, -0.05) is 23.8 Å². The molecule has 1 atom stereocenters. The van der Waals surface area contributed by atoms with Gasteiger partial charge in [-0.2, -0.15) is 0 Å². The van der Waals surface area contributed by atoms with E-state index in [0.29, 0.717) is 6.54 Å². The van der Waals surface area contributed by atoms with Crippen molar-refractivity contribution in [2.24, 2.45) is 5.73 Å². The monoisotopic (exact) mass is 232 g/mol. The van der Waals surface area contributed by atoms with Gasteiger partial charge in [-0.25, -0.2) is 0 Å². The van der Waals surface area contributed by atoms with E-state index >= 15 is 0 Å². The van der Waals surface area contributed by atoms with Crippen molar-refractivity contribution in [3.05, 3.63) is 34.9 Å². The summed E-state index contributed by atoms with van der Waals surface area (Å²) in [6.45, 7) is 4.29. The fourth-order valence-corrected chi connectivity index (χ4v) is 2.02. The summed E-state index contributed by atoms with van der Waals surface area (Å²) in [5.41, 5.74) is 8.77. The van der Waals surface area contributed by atoms with Crippen LogP contribution in [0.15, 0.2) is 18.2 Å². The number of carbonyl (C=O) groups excluding carboxylic acids is 2. The van der Waals surface area contributed by atoms with Crippen LogP contribution in [0.4, 0.5) is 0 Å². The van der Waals surface area contributed by atoms with Crippen molar-refractivity contribution in [1.82, 2.24) is 4.90 Å². The average Bonchev–Trinajstić information content (AvgIpc) is 2.50. The van der Waals surface area contributed by atoms with Crippen LogP contribution in [0.5, 0.6) is 0 Å². The van der Waals surface area contributed by atoms with Crippen LogP contribution >= 0.6 is 0 Å². The molecule has 1 aliphatic rings. The number of amides is 2. The lowest BCUT2D eigenvalue weighted by Crippen LogP contribution is -2.35. The number of imide groups is 1. The van der Waals surface area contributed by atoms with Gasteiger partial charge >= 0.3 is 0 Å². The van der Waals surface area contributed by atoms with Crippen LogP contribution in [0.25, 0.3) is 0 Å². The number of benzene rings is 1. The smallest absolute Gasteiger partial charge is 0.246 e. The Morgan fingerprint density at radius 1 is 1.35 bits per heavy atom. The van der Waals surface area contributed by atoms with Crippen LogP contribution in [0.3, 0.4) is 0 Å². The van der Waals surface area contributed by atoms with Crippen molar-refractivity contribution in [2.45, 2.75) is 32.9 Å². The first-order chi connectivity index (χ1) is 7.99. The molecule has 0 saturated carbocycles. The minimum absolute atomic E-state index is 0.129. The lowest BCUT2D eigenvalue weighted by atomic mass is 10.1. The average molecular weight is 232 g/mol. The van der Waals surface area contributed by atoms with E-state index < -0.39 is 6.04 Å². The number of nitrogens with two attached hydrogens (primary N) is 1. The SMILES string of the molecule is Cc1ccc(C)c(CN2C(=O)CC(N)C2=O)c1. The Labute approximate surface area is 100 Å². The molecule has 1 aromatic rings. The molecule has 1 aromatic carbocycles. The van der Waals surface area contributed by atoms with Gasteiger partial charge in [-0.05, 0) is 25.0 Å². The van der Waals surface area contributed by atoms with Crippen molar-refractivity contribution in [2.75, 3.05) is 0 Å². The molecule has 90 valence electrons. The van der Waals surface area contributed by atoms with Gasteiger partial charge in [0, 0.05) is 0 Å². The molecule has 0 spiro atoms. The third kappa shape index (κ3) is 2.22. The number of carbonyl (C=O) groups is 2. The normalized spacial score (nSPS) is 20.2. The second kappa shape index (κ2) is 4.30. The molecule has 1 saturated heterocycles. The van der Waals surface area contributed by atoms with Crippen LogP contribution in [-0.4, -0.2) is 22.8 Å². The molecular weight excluding hydrogens is 216 g/mol. The Morgan fingerprint density at radius 2 is 2.06 bits per heavy atom. The van der Waals surface area contributed by atoms with E-state index in [1.807, 2.05) is 32.0 Å². The highest BCUT2D eigenvalue weighted by molar-refractivity contribution is 6.05. The summed E-state index contributed by atoms with van der Waals surface area (Å²) in [5, 5.41) is 0. The van der Waals surface area contributed by atoms with Gasteiger partial charge < -0.3 is 5.73 Å². The van der Waals surface area contributed by atoms with Crippen LogP contribution in [0, 0.1) is 13.8 Å². The van der Waals surface area contributed by atoms with E-state index in [1.54, 1.807) is 0 Å². The summed E-state index contributed by atoms with van der Waals surface area (Å²) >= 11 is 0. The van der Waals surface area contributed by atoms with Gasteiger partial charge in [0.25, 0.3) is 0 Å². The van der Waals surface area contributed by atoms with E-state index in [-0.39, 0.29) is 18.2 Å². The van der Waals surface area contributed by atoms with Gasteiger partial charge in [0.05, 0.1) is 19.0 Å². The molecule has 0 aliphatic carbocycles. The van der Waals surface area contributed by atoms with Crippen LogP contribution in [0.2, 0.25) is 0 Å². The molecule has 0 radical (unpaired) electrons. The van der Waals surface area contributed by atoms with Crippen molar-refractivity contribution < 1.29 is 9.59 Å². The molecule has 1 fully saturated rings. The number of rotatable bonds is 2. The Hall–Kier alpha value is -1.68. The minimum Gasteiger partial charge on any atom is -0.319 e. The lowest BCUT2D eigenvalue weighted by molar-refractivity contribution is -0.139. The molecule has 2 amide bonds. The summed E-state index contributed by atoms with van der Waals surface area (Å²) in [7, 11) is 0. The van der Waals surface area contributed by atoms with Gasteiger partial charge in [0.15, 0.2) is 0 Å². The summed E-state index contributed by atoms with van der Waals surface area (Å²) in [6, 6.07) is 5.35. The van der Waals surface area contributed by atoms with Crippen molar-refractivity contribution in [3.63, 3.8) is 0 Å². The van der Waals surface area contributed by atoms with E-state index in [0.717, 1.165) is 16.7 Å². The maximum atomic E-state index is 11.7. The van der Waals surface area contributed by atoms with Gasteiger partial charge in [0.2, 0.25) is 11.8 Å². The zero-order chi connectivity index (χ0) is 12.6. The van der Waals surface area contributed by atoms with E-state index in [2.05, 4.69) is 0 Å². The first kappa shape index (κ1) is 11.8. The van der Waals surface area contributed by atoms with Crippen molar-refractivity contribution in [1.29, 1.82) is 0 Å². The Morgan fingerprint density at radius 3 is 2.65 bits per heavy atom. The van der Waals surface area contributed by atoms with Gasteiger partial charge in [0.1, 0.15) is 0 Å². The van der Waals surface area contributed by atoms with E-state index in [4.69, 9.17) is 5.73 Å². The minimum atomic E-state index is -0.660. The quantitative estimate of drug-likeness (QED) is 0.770. The Balaban J connectivity index is 2.24. The van der Waals surface area contributed by atoms with Crippen LogP contribution in [-0.2, 0) is 16.1 Å². The van der Waals surface area contributed by atoms with Crippen LogP contribution in [0.1, 0.15) is 23.1 Å². The topological polar surface area (TPSA) is 63.4 Å². The second-order valence-corrected chi connectivity index (χ2v) is 4.56. The molecule has 17 heavy (non-hydrogen) atoms. The third-order valence-corrected chi connectivity index (χ3v) is 3.11. The molecule has 1 unspecified atom stereocenters. The van der Waals surface area contributed by atoms with Crippen molar-refractivity contribution >= 4 is 11.8 Å². The predicted octanol–water partition coefficient (Wildman–Crippen LogP) is 0.890. The summed E-state index contributed by atoms with van der Waals surface area (Å²) in [5.74, 6) is -0.445. The standard InChI is InChI=1S/C13H16N2O2/c1-8-3-4-9(2)10(5-8)7-15-12(16)6-11(14)13(15)17/h3-5,11H,6-7,14H2,1-2H3. The fourth-order valence-electron chi connectivity index (χ4n) is 2.02. The summed E-state index contributed by atoms with van der Waals surface area (Å²) in [4.78, 5) is 24.6. The molecule has 2 N–H and O–H groups in total. The number of nitrogens with zero attached hydrogens (tertiary/aromatic N) is 1. The van der Waals surface area contributed by atoms with Crippen molar-refractivity contribution in [3.8, 4) is 0 Å². The lowest BCUT2D eigenvalue weighted by Gasteiger charge is -2.16. The van der Waals surface area contributed by atoms with Gasteiger partial charge in [-0.3, -0.25) is 14.5 Å². The zero-order valence-corrected chi connectivity index (χ0v) is 10.1. The zero-order valence-electron chi connectivity index (χ0n) is 10.1. The molecule has 0 aromatic heterocycles. The highest BCUT2D eigenvalue weighted by Gasteiger charge is 2.36. The highest BCUT2D eigenvalue weighted by atomic mass is 16.2. The molecule has 4 nitrogen and oxygen atoms in total. The Bertz CT molecular complexity index is 482. The first-order valence-corrected chi connectivity index (χ1v) is 5.65. The summed E-state index contributed by atoms with van der Waals surface area (Å²) < 4.78 is 0. The molecule has 0 bridgehead atoms. The number of hydrogen-bond donors (Lipinski definition) is 1. The Kier molecular flexibility index (Phi) is 2.98. The fraction of sp³-hybridized carbons (Fsp3) is 0.385. The molecule has 1 aliphatic heterocycles. The van der Waals surface area contributed by atoms with E-state index in [1.165, 1.54) is 4.90 Å². The first-order valence-electron chi connectivity index (χ1n) is 5.65. The highest BCUT2D eigenvalue weighted by Crippen LogP contribution is 2.18.